The highest BCUT2D eigenvalue weighted by molar-refractivity contribution is 7.91. The van der Waals surface area contributed by atoms with Gasteiger partial charge in [0.1, 0.15) is 10.3 Å². The maximum Gasteiger partial charge on any atom is 0.250 e. The third kappa shape index (κ3) is 7.41. The molecular weight excluding hydrogens is 650 g/mol. The average molecular weight is 682 g/mol. The van der Waals surface area contributed by atoms with Crippen LogP contribution in [0.1, 0.15) is 32.6 Å². The molecule has 0 radical (unpaired) electrons. The van der Waals surface area contributed by atoms with Gasteiger partial charge in [-0.25, -0.2) is 21.6 Å². The van der Waals surface area contributed by atoms with Gasteiger partial charge in [-0.1, -0.05) is 11.6 Å². The fourth-order valence-corrected chi connectivity index (χ4v) is 9.29. The van der Waals surface area contributed by atoms with E-state index >= 15 is 0 Å². The van der Waals surface area contributed by atoms with Gasteiger partial charge in [-0.2, -0.15) is 4.72 Å². The Morgan fingerprint density at radius 3 is 2.43 bits per heavy atom. The molecule has 0 unspecified atom stereocenters. The van der Waals surface area contributed by atoms with Crippen molar-refractivity contribution in [3.8, 4) is 0 Å². The monoisotopic (exact) mass is 681 g/mol. The van der Waals surface area contributed by atoms with Crippen LogP contribution in [0.25, 0.3) is 10.1 Å². The molecule has 12 nitrogen and oxygen atoms in total. The Kier molecular flexibility index (Phi) is 9.63. The largest absolute Gasteiger partial charge is 0.337 e. The molecule has 0 aliphatic carbocycles. The molecule has 16 heteroatoms. The molecule has 3 heterocycles. The summed E-state index contributed by atoms with van der Waals surface area (Å²) in [5.41, 5.74) is 0.469. The van der Waals surface area contributed by atoms with Gasteiger partial charge in [-0.15, -0.1) is 11.3 Å². The van der Waals surface area contributed by atoms with E-state index in [-0.39, 0.29) is 34.0 Å². The predicted octanol–water partition coefficient (Wildman–Crippen LogP) is 2.75. The van der Waals surface area contributed by atoms with Gasteiger partial charge in [0, 0.05) is 48.0 Å². The van der Waals surface area contributed by atoms with Crippen LogP contribution in [-0.4, -0.2) is 82.6 Å². The Balaban J connectivity index is 1.18. The molecule has 3 aromatic rings. The minimum Gasteiger partial charge on any atom is -0.337 e. The Labute approximate surface area is 264 Å². The van der Waals surface area contributed by atoms with Gasteiger partial charge in [0.15, 0.2) is 0 Å². The normalized spacial score (nSPS) is 19.5. The van der Waals surface area contributed by atoms with E-state index in [1.807, 2.05) is 0 Å². The molecule has 2 aliphatic heterocycles. The van der Waals surface area contributed by atoms with Crippen LogP contribution < -0.4 is 14.8 Å². The number of nitrogens with zero attached hydrogens (tertiary/aromatic N) is 2. The van der Waals surface area contributed by atoms with Gasteiger partial charge < -0.3 is 15.1 Å². The van der Waals surface area contributed by atoms with Gasteiger partial charge in [0.05, 0.1) is 11.4 Å². The lowest BCUT2D eigenvalue weighted by molar-refractivity contribution is -0.143. The van der Waals surface area contributed by atoms with E-state index in [0.717, 1.165) is 16.0 Å². The van der Waals surface area contributed by atoms with Crippen molar-refractivity contribution in [3.63, 3.8) is 0 Å². The van der Waals surface area contributed by atoms with Gasteiger partial charge in [0.2, 0.25) is 27.7 Å². The summed E-state index contributed by atoms with van der Waals surface area (Å²) in [4.78, 5) is 40.8. The predicted molar refractivity (Wildman–Crippen MR) is 167 cm³/mol. The highest BCUT2D eigenvalue weighted by Gasteiger charge is 2.36. The lowest BCUT2D eigenvalue weighted by Crippen LogP contribution is -2.55. The minimum absolute atomic E-state index is 0.00172. The van der Waals surface area contributed by atoms with Crippen molar-refractivity contribution in [3.05, 3.63) is 53.6 Å². The second kappa shape index (κ2) is 13.1. The number of anilines is 1. The number of halogens is 1. The third-order valence-electron chi connectivity index (χ3n) is 7.57. The van der Waals surface area contributed by atoms with Crippen LogP contribution in [-0.2, 0) is 34.4 Å². The second-order valence-electron chi connectivity index (χ2n) is 10.8. The van der Waals surface area contributed by atoms with Crippen LogP contribution in [0.3, 0.4) is 0 Å². The topological polar surface area (TPSA) is 162 Å². The molecule has 3 N–H and O–H groups in total. The number of carbonyl (C=O) groups is 3. The number of amides is 3. The summed E-state index contributed by atoms with van der Waals surface area (Å²) < 4.78 is 57.9. The zero-order valence-corrected chi connectivity index (χ0v) is 27.0. The van der Waals surface area contributed by atoms with Crippen molar-refractivity contribution >= 4 is 76.5 Å². The summed E-state index contributed by atoms with van der Waals surface area (Å²) in [5, 5.41) is 3.75. The number of likely N-dealkylation sites (tertiary alicyclic amines) is 2. The lowest BCUT2D eigenvalue weighted by atomic mass is 10.1. The Bertz CT molecular complexity index is 1800. The van der Waals surface area contributed by atoms with Crippen LogP contribution in [0, 0.1) is 0 Å². The first-order valence-electron chi connectivity index (χ1n) is 14.0. The molecule has 0 saturated carbocycles. The first kappa shape index (κ1) is 32.3. The molecule has 2 saturated heterocycles. The molecule has 2 aromatic carbocycles. The molecule has 0 spiro atoms. The van der Waals surface area contributed by atoms with E-state index in [9.17, 15) is 31.2 Å². The fourth-order valence-electron chi connectivity index (χ4n) is 5.41. The zero-order chi connectivity index (χ0) is 31.6. The summed E-state index contributed by atoms with van der Waals surface area (Å²) in [5.74, 6) is -1.08. The number of benzene rings is 2. The molecule has 236 valence electrons. The summed E-state index contributed by atoms with van der Waals surface area (Å²) in [6.07, 6.45) is 2.09. The first-order valence-corrected chi connectivity index (χ1v) is 18.2. The van der Waals surface area contributed by atoms with E-state index in [4.69, 9.17) is 11.6 Å². The molecular formula is C28H32ClN5O7S3. The average Bonchev–Trinajstić information content (AvgIpc) is 3.61. The first-order chi connectivity index (χ1) is 20.8. The third-order valence-corrected chi connectivity index (χ3v) is 12.3. The van der Waals surface area contributed by atoms with Crippen molar-refractivity contribution in [2.45, 2.75) is 53.8 Å². The van der Waals surface area contributed by atoms with Crippen molar-refractivity contribution in [1.82, 2.24) is 19.2 Å². The van der Waals surface area contributed by atoms with Crippen molar-refractivity contribution in [2.75, 3.05) is 31.5 Å². The van der Waals surface area contributed by atoms with E-state index in [2.05, 4.69) is 14.8 Å². The quantitative estimate of drug-likeness (QED) is 0.296. The number of fused-ring (bicyclic) bond motifs is 1. The van der Waals surface area contributed by atoms with Crippen molar-refractivity contribution in [1.29, 1.82) is 0 Å². The highest BCUT2D eigenvalue weighted by atomic mass is 35.5. The molecule has 44 heavy (non-hydrogen) atoms. The van der Waals surface area contributed by atoms with Crippen LogP contribution in [0.4, 0.5) is 5.69 Å². The Hall–Kier alpha value is -3.08. The van der Waals surface area contributed by atoms with Gasteiger partial charge >= 0.3 is 0 Å². The molecule has 2 fully saturated rings. The van der Waals surface area contributed by atoms with E-state index in [0.29, 0.717) is 54.9 Å². The summed E-state index contributed by atoms with van der Waals surface area (Å²) in [6, 6.07) is 11.0. The maximum absolute atomic E-state index is 13.3. The Morgan fingerprint density at radius 1 is 0.977 bits per heavy atom. The number of thiophene rings is 1. The standard InChI is InChI=1S/C28H32ClN5O7S3/c1-18(35)31-21-7-9-23(10-8-21)43(38,39)30-16-22-4-2-13-34(22)26(36)17-33-12-3-5-24(28(33)37)32-44(40,41)27-15-19-14-20(29)6-11-25(19)42-27/h6-11,14-15,22,24,30,32H,2-5,12-13,16-17H2,1H3,(H,31,35)/t22-,24-/m0/s1. The van der Waals surface area contributed by atoms with Crippen LogP contribution in [0.5, 0.6) is 0 Å². The van der Waals surface area contributed by atoms with Crippen molar-refractivity contribution < 1.29 is 31.2 Å². The van der Waals surface area contributed by atoms with Crippen LogP contribution in [0.2, 0.25) is 5.02 Å². The summed E-state index contributed by atoms with van der Waals surface area (Å²) in [6.45, 7) is 1.85. The molecule has 3 amide bonds. The highest BCUT2D eigenvalue weighted by Crippen LogP contribution is 2.31. The lowest BCUT2D eigenvalue weighted by Gasteiger charge is -2.34. The molecule has 2 aliphatic rings. The minimum atomic E-state index is -4.00. The smallest absolute Gasteiger partial charge is 0.250 e. The van der Waals surface area contributed by atoms with Crippen LogP contribution in [0.15, 0.2) is 57.6 Å². The van der Waals surface area contributed by atoms with E-state index < -0.39 is 38.0 Å². The van der Waals surface area contributed by atoms with Gasteiger partial charge in [-0.05, 0) is 79.6 Å². The number of hydrogen-bond donors (Lipinski definition) is 3. The summed E-state index contributed by atoms with van der Waals surface area (Å²) in [7, 11) is -7.87. The molecule has 1 aromatic heterocycles. The van der Waals surface area contributed by atoms with Crippen LogP contribution >= 0.6 is 22.9 Å². The zero-order valence-electron chi connectivity index (χ0n) is 23.8. The van der Waals surface area contributed by atoms with Gasteiger partial charge in [-0.3, -0.25) is 14.4 Å². The number of hydrogen-bond acceptors (Lipinski definition) is 8. The summed E-state index contributed by atoms with van der Waals surface area (Å²) >= 11 is 7.11. The fraction of sp³-hybridized carbons (Fsp3) is 0.393. The molecule has 5 rings (SSSR count). The number of rotatable bonds is 10. The van der Waals surface area contributed by atoms with Crippen molar-refractivity contribution in [2.24, 2.45) is 0 Å². The number of nitrogens with one attached hydrogen (secondary N) is 3. The number of carbonyl (C=O) groups excluding carboxylic acids is 3. The molecule has 0 bridgehead atoms. The number of sulfonamides is 2. The molecule has 2 atom stereocenters. The van der Waals surface area contributed by atoms with Gasteiger partial charge in [0.25, 0.3) is 10.0 Å². The number of piperidine rings is 1. The van der Waals surface area contributed by atoms with E-state index in [1.54, 1.807) is 23.1 Å². The SMILES string of the molecule is CC(=O)Nc1ccc(S(=O)(=O)NC[C@@H]2CCCN2C(=O)CN2CCC[C@H](NS(=O)(=O)c3cc4cc(Cl)ccc4s3)C2=O)cc1. The Morgan fingerprint density at radius 2 is 1.70 bits per heavy atom. The maximum atomic E-state index is 13.3. The van der Waals surface area contributed by atoms with E-state index in [1.165, 1.54) is 42.2 Å². The second-order valence-corrected chi connectivity index (χ2v) is 16.0.